The van der Waals surface area contributed by atoms with Crippen molar-refractivity contribution in [1.82, 2.24) is 30.4 Å². The summed E-state index contributed by atoms with van der Waals surface area (Å²) >= 11 is 0. The van der Waals surface area contributed by atoms with Gasteiger partial charge in [-0.1, -0.05) is 19.1 Å². The van der Waals surface area contributed by atoms with Gasteiger partial charge in [0.1, 0.15) is 5.69 Å². The first-order chi connectivity index (χ1) is 24.4. The first-order valence-corrected chi connectivity index (χ1v) is 18.6. The van der Waals surface area contributed by atoms with Crippen LogP contribution in [0.15, 0.2) is 59.8 Å². The summed E-state index contributed by atoms with van der Waals surface area (Å²) in [5.74, 6) is -0.579. The Labute approximate surface area is 296 Å². The molecule has 0 radical (unpaired) electrons. The van der Waals surface area contributed by atoms with Crippen molar-refractivity contribution < 1.29 is 22.8 Å². The molecular weight excluding hydrogens is 671 g/mol. The van der Waals surface area contributed by atoms with Gasteiger partial charge in [0.2, 0.25) is 5.91 Å². The molecule has 4 heterocycles. The molecule has 0 spiro atoms. The molecule has 1 atom stereocenters. The third-order valence-electron chi connectivity index (χ3n) is 9.53. The van der Waals surface area contributed by atoms with Gasteiger partial charge in [0.25, 0.3) is 11.8 Å². The molecule has 3 N–H and O–H groups in total. The Bertz CT molecular complexity index is 2170. The lowest BCUT2D eigenvalue weighted by molar-refractivity contribution is -0.117. The highest BCUT2D eigenvalue weighted by Crippen LogP contribution is 2.48. The van der Waals surface area contributed by atoms with E-state index in [1.807, 2.05) is 32.2 Å². The zero-order chi connectivity index (χ0) is 36.0. The summed E-state index contributed by atoms with van der Waals surface area (Å²) in [6.07, 6.45) is 6.65. The van der Waals surface area contributed by atoms with Gasteiger partial charge in [0.05, 0.1) is 46.0 Å². The van der Waals surface area contributed by atoms with E-state index in [-0.39, 0.29) is 70.1 Å². The van der Waals surface area contributed by atoms with Crippen LogP contribution in [0.3, 0.4) is 0 Å². The lowest BCUT2D eigenvalue weighted by Crippen LogP contribution is -2.30. The number of carbonyl (C=O) groups excluding carboxylic acids is 3. The number of amides is 3. The van der Waals surface area contributed by atoms with Crippen LogP contribution >= 0.6 is 0 Å². The summed E-state index contributed by atoms with van der Waals surface area (Å²) in [5, 5.41) is 17.6. The molecular formula is C36H39N9O5S. The van der Waals surface area contributed by atoms with Gasteiger partial charge < -0.3 is 25.8 Å². The van der Waals surface area contributed by atoms with Gasteiger partial charge >= 0.3 is 0 Å². The topological polar surface area (TPSA) is 179 Å². The van der Waals surface area contributed by atoms with Crippen LogP contribution in [0.25, 0.3) is 11.1 Å². The normalized spacial score (nSPS) is 16.5. The number of carbonyl (C=O) groups is 3. The quantitative estimate of drug-likeness (QED) is 0.200. The van der Waals surface area contributed by atoms with Crippen molar-refractivity contribution in [3.63, 3.8) is 0 Å². The van der Waals surface area contributed by atoms with E-state index in [4.69, 9.17) is 0 Å². The van der Waals surface area contributed by atoms with Gasteiger partial charge in [0, 0.05) is 55.6 Å². The molecule has 2 saturated carbocycles. The fraction of sp³-hybridized carbons (Fsp3) is 0.361. The van der Waals surface area contributed by atoms with E-state index < -0.39 is 9.84 Å². The highest BCUT2D eigenvalue weighted by atomic mass is 32.2. The van der Waals surface area contributed by atoms with E-state index in [1.54, 1.807) is 32.3 Å². The fourth-order valence-electron chi connectivity index (χ4n) is 6.13. The molecule has 1 aliphatic heterocycles. The summed E-state index contributed by atoms with van der Waals surface area (Å²) < 4.78 is 24.8. The summed E-state index contributed by atoms with van der Waals surface area (Å²) in [7, 11) is 0.174. The average Bonchev–Trinajstić information content (AvgIpc) is 4.06. The number of sulfone groups is 1. The number of nitrogens with zero attached hydrogens (tertiary/aromatic N) is 6. The highest BCUT2D eigenvalue weighted by Gasteiger charge is 2.33. The van der Waals surface area contributed by atoms with Gasteiger partial charge in [0.15, 0.2) is 21.3 Å². The fourth-order valence-corrected chi connectivity index (χ4v) is 7.05. The van der Waals surface area contributed by atoms with Gasteiger partial charge in [-0.3, -0.25) is 24.4 Å². The van der Waals surface area contributed by atoms with E-state index in [0.717, 1.165) is 48.1 Å². The van der Waals surface area contributed by atoms with Crippen molar-refractivity contribution in [3.8, 4) is 11.1 Å². The summed E-state index contributed by atoms with van der Waals surface area (Å²) in [4.78, 5) is 51.9. The molecule has 14 nitrogen and oxygen atoms in total. The van der Waals surface area contributed by atoms with Crippen LogP contribution in [0.1, 0.15) is 77.8 Å². The largest absolute Gasteiger partial charge is 0.366 e. The van der Waals surface area contributed by atoms with E-state index in [9.17, 15) is 22.8 Å². The van der Waals surface area contributed by atoms with Gasteiger partial charge in [-0.05, 0) is 62.4 Å². The number of pyridine rings is 2. The summed E-state index contributed by atoms with van der Waals surface area (Å²) in [5.41, 5.74) is 5.44. The smallest absolute Gasteiger partial charge is 0.274 e. The predicted molar refractivity (Wildman–Crippen MR) is 191 cm³/mol. The molecule has 2 aliphatic carbocycles. The average molecular weight is 710 g/mol. The molecule has 1 aromatic carbocycles. The van der Waals surface area contributed by atoms with E-state index in [0.29, 0.717) is 17.1 Å². The molecule has 3 amide bonds. The number of anilines is 4. The second-order valence-electron chi connectivity index (χ2n) is 13.3. The summed E-state index contributed by atoms with van der Waals surface area (Å²) in [6.45, 7) is 3.72. The first kappa shape index (κ1) is 34.0. The number of hydrogen-bond donors (Lipinski definition) is 3. The standard InChI is InChI=1S/C36H39N9O5S/c1-5-51(49,50)24-13-14-37-23(15-24)19-44(3)36(48)30-16-26-20(2)45(4)33-25(27(26)18-38-30)7-6-8-28(33)40-29-17-31(41-34(46)21-9-10-21)42-43-32(29)35(47)39-22-11-12-22/h6-8,13-18,20-22H,5,9-12,19H2,1-4H3,(H,39,47)(H2,40,41,42,46)/t20-/m1/s1. The van der Waals surface area contributed by atoms with Gasteiger partial charge in [-0.2, -0.15) is 0 Å². The van der Waals surface area contributed by atoms with Crippen LogP contribution in [0.5, 0.6) is 0 Å². The molecule has 3 aliphatic rings. The molecule has 3 aromatic heterocycles. The number of benzene rings is 1. The Morgan fingerprint density at radius 3 is 2.49 bits per heavy atom. The van der Waals surface area contributed by atoms with Crippen molar-refractivity contribution >= 4 is 50.4 Å². The maximum absolute atomic E-state index is 13.6. The number of hydrogen-bond acceptors (Lipinski definition) is 11. The first-order valence-electron chi connectivity index (χ1n) is 17.0. The van der Waals surface area contributed by atoms with Crippen LogP contribution in [-0.4, -0.2) is 77.1 Å². The van der Waals surface area contributed by atoms with Gasteiger partial charge in [-0.25, -0.2) is 8.42 Å². The maximum atomic E-state index is 13.6. The van der Waals surface area contributed by atoms with Crippen molar-refractivity contribution in [2.24, 2.45) is 5.92 Å². The molecule has 0 unspecified atom stereocenters. The molecule has 7 rings (SSSR count). The minimum Gasteiger partial charge on any atom is -0.366 e. The van der Waals surface area contributed by atoms with Crippen LogP contribution in [-0.2, 0) is 21.2 Å². The highest BCUT2D eigenvalue weighted by molar-refractivity contribution is 7.91. The van der Waals surface area contributed by atoms with E-state index in [1.165, 1.54) is 23.2 Å². The number of nitrogens with one attached hydrogen (secondary N) is 3. The zero-order valence-corrected chi connectivity index (χ0v) is 29.6. The third kappa shape index (κ3) is 6.98. The van der Waals surface area contributed by atoms with Gasteiger partial charge in [-0.15, -0.1) is 10.2 Å². The molecule has 264 valence electrons. The Hall–Kier alpha value is -5.44. The van der Waals surface area contributed by atoms with Crippen molar-refractivity contribution in [2.75, 3.05) is 35.4 Å². The Morgan fingerprint density at radius 1 is 0.980 bits per heavy atom. The molecule has 15 heteroatoms. The second-order valence-corrected chi connectivity index (χ2v) is 15.6. The van der Waals surface area contributed by atoms with Crippen LogP contribution in [0.4, 0.5) is 22.9 Å². The Kier molecular flexibility index (Phi) is 8.91. The molecule has 2 fully saturated rings. The maximum Gasteiger partial charge on any atom is 0.274 e. The van der Waals surface area contributed by atoms with Crippen LogP contribution in [0.2, 0.25) is 0 Å². The third-order valence-corrected chi connectivity index (χ3v) is 11.3. The minimum absolute atomic E-state index is 0.0250. The number of para-hydroxylation sites is 1. The van der Waals surface area contributed by atoms with E-state index >= 15 is 0 Å². The molecule has 0 bridgehead atoms. The molecule has 4 aromatic rings. The SMILES string of the molecule is CCS(=O)(=O)c1ccnc(CN(C)C(=O)c2cc3c(cn2)-c2cccc(Nc4cc(NC(=O)C5CC5)nnc4C(=O)NC4CC4)c2N(C)[C@@H]3C)c1. The number of aromatic nitrogens is 4. The minimum atomic E-state index is -3.42. The lowest BCUT2D eigenvalue weighted by Gasteiger charge is -2.37. The molecule has 51 heavy (non-hydrogen) atoms. The molecule has 0 saturated heterocycles. The lowest BCUT2D eigenvalue weighted by atomic mass is 9.89. The van der Waals surface area contributed by atoms with Crippen LogP contribution in [0, 0.1) is 5.92 Å². The predicted octanol–water partition coefficient (Wildman–Crippen LogP) is 4.49. The summed E-state index contributed by atoms with van der Waals surface area (Å²) in [6, 6.07) is 12.1. The Morgan fingerprint density at radius 2 is 1.76 bits per heavy atom. The second kappa shape index (κ2) is 13.4. The van der Waals surface area contributed by atoms with Crippen molar-refractivity contribution in [2.45, 2.75) is 63.1 Å². The van der Waals surface area contributed by atoms with Crippen molar-refractivity contribution in [3.05, 3.63) is 77.5 Å². The number of rotatable bonds is 11. The number of fused-ring (bicyclic) bond motifs is 3. The zero-order valence-electron chi connectivity index (χ0n) is 28.8. The van der Waals surface area contributed by atoms with E-state index in [2.05, 4.69) is 41.0 Å². The van der Waals surface area contributed by atoms with Crippen molar-refractivity contribution in [1.29, 1.82) is 0 Å². The Balaban J connectivity index is 1.17. The van der Waals surface area contributed by atoms with Crippen LogP contribution < -0.4 is 20.9 Å². The monoisotopic (exact) mass is 709 g/mol.